The van der Waals surface area contributed by atoms with Crippen LogP contribution in [0.1, 0.15) is 22.5 Å². The van der Waals surface area contributed by atoms with Crippen LogP contribution >= 0.6 is 11.6 Å². The lowest BCUT2D eigenvalue weighted by atomic mass is 10.1. The fraction of sp³-hybridized carbons (Fsp3) is 0.235. The second kappa shape index (κ2) is 5.51. The van der Waals surface area contributed by atoms with E-state index in [1.54, 1.807) is 0 Å². The van der Waals surface area contributed by atoms with Gasteiger partial charge >= 0.3 is 0 Å². The van der Waals surface area contributed by atoms with Crippen LogP contribution in [0, 0.1) is 13.8 Å². The van der Waals surface area contributed by atoms with Crippen molar-refractivity contribution in [2.24, 2.45) is 5.73 Å². The molecule has 0 aliphatic rings. The molecule has 0 saturated carbocycles. The van der Waals surface area contributed by atoms with Gasteiger partial charge in [-0.1, -0.05) is 23.7 Å². The van der Waals surface area contributed by atoms with Crippen LogP contribution in [0.4, 0.5) is 0 Å². The van der Waals surface area contributed by atoms with Gasteiger partial charge < -0.3 is 10.3 Å². The zero-order chi connectivity index (χ0) is 15.0. The fourth-order valence-corrected chi connectivity index (χ4v) is 2.66. The van der Waals surface area contributed by atoms with E-state index in [-0.39, 0.29) is 0 Å². The van der Waals surface area contributed by atoms with Crippen LogP contribution in [0.2, 0.25) is 5.02 Å². The Kier molecular flexibility index (Phi) is 3.70. The van der Waals surface area contributed by atoms with Crippen molar-refractivity contribution in [1.82, 2.24) is 9.55 Å². The molecule has 0 aliphatic heterocycles. The average Bonchev–Trinajstić information content (AvgIpc) is 2.79. The monoisotopic (exact) mass is 299 g/mol. The number of benzene rings is 2. The normalized spacial score (nSPS) is 11.2. The SMILES string of the molecule is Cc1cc2nc(CN)n(Cc3ccc(Cl)cc3)c2cc1C. The van der Waals surface area contributed by atoms with Gasteiger partial charge in [0.15, 0.2) is 0 Å². The van der Waals surface area contributed by atoms with Gasteiger partial charge in [0.1, 0.15) is 5.82 Å². The molecule has 0 radical (unpaired) electrons. The summed E-state index contributed by atoms with van der Waals surface area (Å²) in [6.07, 6.45) is 0. The van der Waals surface area contributed by atoms with Crippen molar-refractivity contribution in [3.05, 3.63) is 63.9 Å². The fourth-order valence-electron chi connectivity index (χ4n) is 2.53. The number of hydrogen-bond acceptors (Lipinski definition) is 2. The number of fused-ring (bicyclic) bond motifs is 1. The largest absolute Gasteiger partial charge is 0.324 e. The number of aromatic nitrogens is 2. The Labute approximate surface area is 129 Å². The third kappa shape index (κ3) is 2.67. The highest BCUT2D eigenvalue weighted by Gasteiger charge is 2.11. The molecule has 0 bridgehead atoms. The van der Waals surface area contributed by atoms with Crippen LogP contribution in [0.3, 0.4) is 0 Å². The standard InChI is InChI=1S/C17H18ClN3/c1-11-7-15-16(8-12(11)2)21(17(9-19)20-15)10-13-3-5-14(18)6-4-13/h3-8H,9-10,19H2,1-2H3. The number of aryl methyl sites for hydroxylation is 2. The molecule has 3 rings (SSSR count). The van der Waals surface area contributed by atoms with E-state index in [9.17, 15) is 0 Å². The Morgan fingerprint density at radius 3 is 2.43 bits per heavy atom. The summed E-state index contributed by atoms with van der Waals surface area (Å²) in [7, 11) is 0. The van der Waals surface area contributed by atoms with Crippen molar-refractivity contribution in [1.29, 1.82) is 0 Å². The summed E-state index contributed by atoms with van der Waals surface area (Å²) in [5.41, 5.74) is 11.7. The zero-order valence-corrected chi connectivity index (χ0v) is 13.0. The molecule has 4 heteroatoms. The first-order chi connectivity index (χ1) is 10.1. The molecule has 0 amide bonds. The maximum Gasteiger partial charge on any atom is 0.123 e. The van der Waals surface area contributed by atoms with Crippen molar-refractivity contribution < 1.29 is 0 Å². The van der Waals surface area contributed by atoms with Gasteiger partial charge in [0.25, 0.3) is 0 Å². The number of rotatable bonds is 3. The highest BCUT2D eigenvalue weighted by atomic mass is 35.5. The molecule has 108 valence electrons. The van der Waals surface area contributed by atoms with E-state index in [2.05, 4.69) is 35.5 Å². The van der Waals surface area contributed by atoms with Gasteiger partial charge in [-0.25, -0.2) is 4.98 Å². The summed E-state index contributed by atoms with van der Waals surface area (Å²) in [5.74, 6) is 0.907. The van der Waals surface area contributed by atoms with E-state index < -0.39 is 0 Å². The average molecular weight is 300 g/mol. The quantitative estimate of drug-likeness (QED) is 0.799. The molecular formula is C17H18ClN3. The predicted octanol–water partition coefficient (Wildman–Crippen LogP) is 3.81. The van der Waals surface area contributed by atoms with Gasteiger partial charge in [-0.3, -0.25) is 0 Å². The first-order valence-electron chi connectivity index (χ1n) is 6.99. The van der Waals surface area contributed by atoms with Gasteiger partial charge in [-0.15, -0.1) is 0 Å². The summed E-state index contributed by atoms with van der Waals surface area (Å²) >= 11 is 5.95. The summed E-state index contributed by atoms with van der Waals surface area (Å²) in [6, 6.07) is 12.2. The molecule has 0 atom stereocenters. The topological polar surface area (TPSA) is 43.8 Å². The molecule has 2 aromatic carbocycles. The lowest BCUT2D eigenvalue weighted by molar-refractivity contribution is 0.744. The van der Waals surface area contributed by atoms with Crippen molar-refractivity contribution in [3.8, 4) is 0 Å². The van der Waals surface area contributed by atoms with E-state index in [4.69, 9.17) is 17.3 Å². The van der Waals surface area contributed by atoms with Crippen LogP contribution in [0.15, 0.2) is 36.4 Å². The van der Waals surface area contributed by atoms with Crippen molar-refractivity contribution in [2.45, 2.75) is 26.9 Å². The lowest BCUT2D eigenvalue weighted by Crippen LogP contribution is -2.09. The van der Waals surface area contributed by atoms with Crippen molar-refractivity contribution in [3.63, 3.8) is 0 Å². The summed E-state index contributed by atoms with van der Waals surface area (Å²) in [5, 5.41) is 0.750. The van der Waals surface area contributed by atoms with Gasteiger partial charge in [0.05, 0.1) is 17.6 Å². The van der Waals surface area contributed by atoms with Gasteiger partial charge in [-0.2, -0.15) is 0 Å². The summed E-state index contributed by atoms with van der Waals surface area (Å²) in [4.78, 5) is 4.66. The molecule has 0 spiro atoms. The molecule has 2 N–H and O–H groups in total. The van der Waals surface area contributed by atoms with E-state index in [1.165, 1.54) is 16.7 Å². The van der Waals surface area contributed by atoms with E-state index in [0.717, 1.165) is 28.4 Å². The highest BCUT2D eigenvalue weighted by molar-refractivity contribution is 6.30. The minimum Gasteiger partial charge on any atom is -0.324 e. The Hall–Kier alpha value is -1.84. The molecule has 0 aliphatic carbocycles. The Morgan fingerprint density at radius 1 is 1.10 bits per heavy atom. The van der Waals surface area contributed by atoms with Crippen LogP contribution in [-0.2, 0) is 13.1 Å². The smallest absolute Gasteiger partial charge is 0.123 e. The van der Waals surface area contributed by atoms with E-state index >= 15 is 0 Å². The summed E-state index contributed by atoms with van der Waals surface area (Å²) in [6.45, 7) is 5.41. The maximum absolute atomic E-state index is 5.95. The van der Waals surface area contributed by atoms with E-state index in [0.29, 0.717) is 6.54 Å². The third-order valence-electron chi connectivity index (χ3n) is 3.88. The second-order valence-corrected chi connectivity index (χ2v) is 5.81. The lowest BCUT2D eigenvalue weighted by Gasteiger charge is -2.09. The highest BCUT2D eigenvalue weighted by Crippen LogP contribution is 2.22. The number of nitrogens with zero attached hydrogens (tertiary/aromatic N) is 2. The van der Waals surface area contributed by atoms with Gasteiger partial charge in [0, 0.05) is 11.6 Å². The molecule has 0 unspecified atom stereocenters. The number of nitrogens with two attached hydrogens (primary N) is 1. The first kappa shape index (κ1) is 14.1. The molecule has 1 heterocycles. The van der Waals surface area contributed by atoms with Crippen molar-refractivity contribution >= 4 is 22.6 Å². The molecule has 0 fully saturated rings. The van der Waals surface area contributed by atoms with Gasteiger partial charge in [-0.05, 0) is 54.8 Å². The molecule has 1 aromatic heterocycles. The molecular weight excluding hydrogens is 282 g/mol. The number of halogens is 1. The van der Waals surface area contributed by atoms with Crippen LogP contribution in [0.25, 0.3) is 11.0 Å². The molecule has 0 saturated heterocycles. The minimum atomic E-state index is 0.431. The predicted molar refractivity (Wildman–Crippen MR) is 87.7 cm³/mol. The Morgan fingerprint density at radius 2 is 1.76 bits per heavy atom. The Balaban J connectivity index is 2.11. The molecule has 3 aromatic rings. The van der Waals surface area contributed by atoms with E-state index in [1.807, 2.05) is 24.3 Å². The summed E-state index contributed by atoms with van der Waals surface area (Å²) < 4.78 is 2.19. The van der Waals surface area contributed by atoms with Crippen LogP contribution in [0.5, 0.6) is 0 Å². The minimum absolute atomic E-state index is 0.431. The number of hydrogen-bond donors (Lipinski definition) is 1. The maximum atomic E-state index is 5.95. The van der Waals surface area contributed by atoms with Crippen LogP contribution < -0.4 is 5.73 Å². The zero-order valence-electron chi connectivity index (χ0n) is 12.2. The van der Waals surface area contributed by atoms with Crippen LogP contribution in [-0.4, -0.2) is 9.55 Å². The Bertz CT molecular complexity index is 788. The first-order valence-corrected chi connectivity index (χ1v) is 7.37. The van der Waals surface area contributed by atoms with Crippen molar-refractivity contribution in [2.75, 3.05) is 0 Å². The molecule has 3 nitrogen and oxygen atoms in total. The third-order valence-corrected chi connectivity index (χ3v) is 4.13. The number of imidazole rings is 1. The molecule has 21 heavy (non-hydrogen) atoms. The van der Waals surface area contributed by atoms with Gasteiger partial charge in [0.2, 0.25) is 0 Å². The second-order valence-electron chi connectivity index (χ2n) is 5.37.